The number of carbonyl (C=O) groups is 1. The van der Waals surface area contributed by atoms with E-state index in [1.54, 1.807) is 6.07 Å². The molecular formula is C11H13O2. The summed E-state index contributed by atoms with van der Waals surface area (Å²) < 4.78 is 4.62. The minimum absolute atomic E-state index is 0.286. The lowest BCUT2D eigenvalue weighted by Gasteiger charge is -2.01. The van der Waals surface area contributed by atoms with Gasteiger partial charge in [0.25, 0.3) is 0 Å². The number of hydrogen-bond donors (Lipinski definition) is 0. The van der Waals surface area contributed by atoms with Gasteiger partial charge in [0.05, 0.1) is 12.7 Å². The van der Waals surface area contributed by atoms with Gasteiger partial charge in [-0.05, 0) is 30.5 Å². The number of rotatable bonds is 3. The van der Waals surface area contributed by atoms with E-state index in [-0.39, 0.29) is 5.97 Å². The highest BCUT2D eigenvalue weighted by Gasteiger charge is 2.04. The maximum absolute atomic E-state index is 11.1. The van der Waals surface area contributed by atoms with Crippen molar-refractivity contribution in [3.05, 3.63) is 41.8 Å². The van der Waals surface area contributed by atoms with Gasteiger partial charge in [-0.1, -0.05) is 19.1 Å². The molecule has 2 heteroatoms. The van der Waals surface area contributed by atoms with Crippen molar-refractivity contribution >= 4 is 5.97 Å². The molecule has 0 aliphatic rings. The van der Waals surface area contributed by atoms with Crippen LogP contribution in [0.25, 0.3) is 0 Å². The van der Waals surface area contributed by atoms with E-state index in [2.05, 4.69) is 18.1 Å². The van der Waals surface area contributed by atoms with Gasteiger partial charge >= 0.3 is 5.97 Å². The Bertz CT molecular complexity index is 292. The highest BCUT2D eigenvalue weighted by atomic mass is 16.5. The molecule has 0 saturated heterocycles. The monoisotopic (exact) mass is 177 g/mol. The fourth-order valence-corrected chi connectivity index (χ4v) is 1.15. The molecule has 1 aromatic rings. The fourth-order valence-electron chi connectivity index (χ4n) is 1.15. The molecule has 2 nitrogen and oxygen atoms in total. The Morgan fingerprint density at radius 1 is 1.54 bits per heavy atom. The molecule has 0 amide bonds. The van der Waals surface area contributed by atoms with E-state index in [0.717, 1.165) is 12.0 Å². The fraction of sp³-hybridized carbons (Fsp3) is 0.273. The molecule has 0 N–H and O–H groups in total. The number of esters is 1. The van der Waals surface area contributed by atoms with Crippen molar-refractivity contribution in [2.24, 2.45) is 0 Å². The third-order valence-electron chi connectivity index (χ3n) is 1.75. The molecule has 0 saturated carbocycles. The number of methoxy groups -OCH3 is 1. The normalized spacial score (nSPS) is 9.69. The van der Waals surface area contributed by atoms with Crippen molar-refractivity contribution in [1.29, 1.82) is 0 Å². The van der Waals surface area contributed by atoms with Crippen LogP contribution in [0, 0.1) is 6.42 Å². The van der Waals surface area contributed by atoms with Crippen molar-refractivity contribution in [2.45, 2.75) is 13.3 Å². The van der Waals surface area contributed by atoms with Crippen LogP contribution in [0.5, 0.6) is 0 Å². The van der Waals surface area contributed by atoms with Crippen molar-refractivity contribution in [3.8, 4) is 0 Å². The zero-order valence-electron chi connectivity index (χ0n) is 7.91. The number of benzene rings is 1. The molecule has 0 aliphatic carbocycles. The van der Waals surface area contributed by atoms with Gasteiger partial charge in [0, 0.05) is 0 Å². The Labute approximate surface area is 78.5 Å². The van der Waals surface area contributed by atoms with E-state index >= 15 is 0 Å². The predicted molar refractivity (Wildman–Crippen MR) is 51.5 cm³/mol. The zero-order chi connectivity index (χ0) is 9.68. The molecule has 0 heterocycles. The molecular weight excluding hydrogens is 164 g/mol. The second kappa shape index (κ2) is 4.65. The van der Waals surface area contributed by atoms with Crippen LogP contribution in [0.3, 0.4) is 0 Å². The average Bonchev–Trinajstić information content (AvgIpc) is 2.18. The minimum atomic E-state index is -0.286. The summed E-state index contributed by atoms with van der Waals surface area (Å²) in [7, 11) is 1.39. The van der Waals surface area contributed by atoms with Gasteiger partial charge in [-0.3, -0.25) is 0 Å². The van der Waals surface area contributed by atoms with E-state index in [1.165, 1.54) is 7.11 Å². The van der Waals surface area contributed by atoms with E-state index in [4.69, 9.17) is 0 Å². The maximum Gasteiger partial charge on any atom is 0.337 e. The zero-order valence-corrected chi connectivity index (χ0v) is 7.91. The van der Waals surface area contributed by atoms with Gasteiger partial charge in [-0.15, -0.1) is 0 Å². The van der Waals surface area contributed by atoms with Crippen molar-refractivity contribution in [3.63, 3.8) is 0 Å². The first-order valence-electron chi connectivity index (χ1n) is 4.29. The first kappa shape index (κ1) is 9.78. The molecule has 1 radical (unpaired) electrons. The summed E-state index contributed by atoms with van der Waals surface area (Å²) in [5.74, 6) is -0.286. The average molecular weight is 177 g/mol. The molecule has 1 aromatic carbocycles. The molecule has 0 spiro atoms. The summed E-state index contributed by atoms with van der Waals surface area (Å²) in [5, 5.41) is 0. The third kappa shape index (κ3) is 2.58. The van der Waals surface area contributed by atoms with Gasteiger partial charge in [0.1, 0.15) is 0 Å². The molecule has 0 atom stereocenters. The number of hydrogen-bond acceptors (Lipinski definition) is 2. The first-order valence-corrected chi connectivity index (χ1v) is 4.29. The van der Waals surface area contributed by atoms with Crippen LogP contribution in [-0.2, 0) is 4.74 Å². The maximum atomic E-state index is 11.1. The SMILES string of the molecule is CC[CH]c1cccc(C(=O)OC)c1. The summed E-state index contributed by atoms with van der Waals surface area (Å²) in [5.41, 5.74) is 1.66. The molecule has 69 valence electrons. The van der Waals surface area contributed by atoms with Gasteiger partial charge in [-0.25, -0.2) is 4.79 Å². The highest BCUT2D eigenvalue weighted by molar-refractivity contribution is 5.89. The van der Waals surface area contributed by atoms with Crippen molar-refractivity contribution in [2.75, 3.05) is 7.11 Å². The molecule has 1 rings (SSSR count). The highest BCUT2D eigenvalue weighted by Crippen LogP contribution is 2.09. The molecule has 13 heavy (non-hydrogen) atoms. The molecule has 0 aromatic heterocycles. The summed E-state index contributed by atoms with van der Waals surface area (Å²) in [6.07, 6.45) is 3.02. The van der Waals surface area contributed by atoms with Gasteiger partial charge < -0.3 is 4.74 Å². The Kier molecular flexibility index (Phi) is 3.50. The van der Waals surface area contributed by atoms with Crippen LogP contribution in [-0.4, -0.2) is 13.1 Å². The Hall–Kier alpha value is -1.31. The summed E-state index contributed by atoms with van der Waals surface area (Å²) in [6.45, 7) is 2.06. The standard InChI is InChI=1S/C11H13O2/c1-3-5-9-6-4-7-10(8-9)11(12)13-2/h4-8H,3H2,1-2H3. The third-order valence-corrected chi connectivity index (χ3v) is 1.75. The van der Waals surface area contributed by atoms with Crippen LogP contribution >= 0.6 is 0 Å². The van der Waals surface area contributed by atoms with Crippen LogP contribution < -0.4 is 0 Å². The predicted octanol–water partition coefficient (Wildman–Crippen LogP) is 2.44. The van der Waals surface area contributed by atoms with Crippen LogP contribution in [0.4, 0.5) is 0 Å². The van der Waals surface area contributed by atoms with E-state index in [9.17, 15) is 4.79 Å². The van der Waals surface area contributed by atoms with Crippen molar-refractivity contribution in [1.82, 2.24) is 0 Å². The Morgan fingerprint density at radius 3 is 2.92 bits per heavy atom. The van der Waals surface area contributed by atoms with E-state index in [1.807, 2.05) is 18.2 Å². The number of ether oxygens (including phenoxy) is 1. The Balaban J connectivity index is 2.85. The quantitative estimate of drug-likeness (QED) is 0.663. The second-order valence-corrected chi connectivity index (χ2v) is 2.73. The molecule has 0 bridgehead atoms. The van der Waals surface area contributed by atoms with Gasteiger partial charge in [0.15, 0.2) is 0 Å². The Morgan fingerprint density at radius 2 is 2.31 bits per heavy atom. The summed E-state index contributed by atoms with van der Waals surface area (Å²) >= 11 is 0. The van der Waals surface area contributed by atoms with E-state index in [0.29, 0.717) is 5.56 Å². The van der Waals surface area contributed by atoms with Crippen molar-refractivity contribution < 1.29 is 9.53 Å². The van der Waals surface area contributed by atoms with Crippen LogP contribution in [0.1, 0.15) is 29.3 Å². The van der Waals surface area contributed by atoms with Crippen LogP contribution in [0.2, 0.25) is 0 Å². The second-order valence-electron chi connectivity index (χ2n) is 2.73. The molecule has 0 unspecified atom stereocenters. The van der Waals surface area contributed by atoms with E-state index < -0.39 is 0 Å². The lowest BCUT2D eigenvalue weighted by Crippen LogP contribution is -2.01. The minimum Gasteiger partial charge on any atom is -0.465 e. The summed E-state index contributed by atoms with van der Waals surface area (Å²) in [4.78, 5) is 11.1. The smallest absolute Gasteiger partial charge is 0.337 e. The lowest BCUT2D eigenvalue weighted by molar-refractivity contribution is 0.0600. The topological polar surface area (TPSA) is 26.3 Å². The summed E-state index contributed by atoms with van der Waals surface area (Å²) in [6, 6.07) is 7.40. The van der Waals surface area contributed by atoms with Gasteiger partial charge in [0.2, 0.25) is 0 Å². The molecule has 0 aliphatic heterocycles. The first-order chi connectivity index (χ1) is 6.27. The number of carbonyl (C=O) groups excluding carboxylic acids is 1. The molecule has 0 fully saturated rings. The largest absolute Gasteiger partial charge is 0.465 e. The lowest BCUT2D eigenvalue weighted by atomic mass is 10.1. The van der Waals surface area contributed by atoms with Crippen LogP contribution in [0.15, 0.2) is 24.3 Å². The van der Waals surface area contributed by atoms with Gasteiger partial charge in [-0.2, -0.15) is 0 Å².